The van der Waals surface area contributed by atoms with Crippen molar-refractivity contribution in [2.45, 2.75) is 0 Å². The number of anilines is 3. The molecule has 0 N–H and O–H groups in total. The van der Waals surface area contributed by atoms with E-state index in [1.165, 1.54) is 47.8 Å². The van der Waals surface area contributed by atoms with Crippen molar-refractivity contribution in [2.24, 2.45) is 0 Å². The zero-order valence-electron chi connectivity index (χ0n) is 29.8. The number of hydrogen-bond acceptors (Lipinski definition) is 3. The van der Waals surface area contributed by atoms with E-state index >= 15 is 0 Å². The van der Waals surface area contributed by atoms with E-state index in [9.17, 15) is 0 Å². The van der Waals surface area contributed by atoms with Crippen molar-refractivity contribution >= 4 is 81.3 Å². The van der Waals surface area contributed by atoms with Gasteiger partial charge in [0.05, 0.1) is 5.69 Å². The molecule has 0 amide bonds. The smallest absolute Gasteiger partial charge is 0.145 e. The molecule has 0 aliphatic heterocycles. The largest absolute Gasteiger partial charge is 0.455 e. The Morgan fingerprint density at radius 1 is 0.364 bits per heavy atom. The van der Waals surface area contributed by atoms with E-state index in [-0.39, 0.29) is 0 Å². The van der Waals surface area contributed by atoms with Crippen molar-refractivity contribution in [1.82, 2.24) is 0 Å². The quantitative estimate of drug-likeness (QED) is 0.170. The van der Waals surface area contributed by atoms with Crippen molar-refractivity contribution in [2.75, 3.05) is 4.90 Å². The highest BCUT2D eigenvalue weighted by molar-refractivity contribution is 7.26. The zero-order chi connectivity index (χ0) is 36.3. The van der Waals surface area contributed by atoms with Crippen LogP contribution in [0.25, 0.3) is 86.3 Å². The third-order valence-electron chi connectivity index (χ3n) is 10.9. The predicted octanol–water partition coefficient (Wildman–Crippen LogP) is 15.6. The van der Waals surface area contributed by atoms with Gasteiger partial charge in [-0.25, -0.2) is 0 Å². The second-order valence-corrected chi connectivity index (χ2v) is 15.1. The molecule has 0 bridgehead atoms. The van der Waals surface area contributed by atoms with Gasteiger partial charge < -0.3 is 9.32 Å². The molecule has 0 unspecified atom stereocenters. The summed E-state index contributed by atoms with van der Waals surface area (Å²) in [6, 6.07) is 72.0. The van der Waals surface area contributed by atoms with Gasteiger partial charge in [-0.05, 0) is 81.7 Å². The Bertz CT molecular complexity index is 3180. The Morgan fingerprint density at radius 2 is 0.945 bits per heavy atom. The van der Waals surface area contributed by atoms with E-state index < -0.39 is 0 Å². The molecule has 2 nitrogen and oxygen atoms in total. The fourth-order valence-electron chi connectivity index (χ4n) is 8.25. The van der Waals surface area contributed by atoms with Gasteiger partial charge in [0.2, 0.25) is 0 Å². The van der Waals surface area contributed by atoms with Crippen LogP contribution in [0, 0.1) is 0 Å². The summed E-state index contributed by atoms with van der Waals surface area (Å²) in [6.07, 6.45) is 0. The summed E-state index contributed by atoms with van der Waals surface area (Å²) in [4.78, 5) is 2.38. The molecule has 0 aliphatic carbocycles. The van der Waals surface area contributed by atoms with Gasteiger partial charge in [-0.15, -0.1) is 11.3 Å². The van der Waals surface area contributed by atoms with Crippen LogP contribution in [0.5, 0.6) is 0 Å². The van der Waals surface area contributed by atoms with Crippen LogP contribution in [0.1, 0.15) is 0 Å². The number of benzene rings is 9. The number of nitrogens with zero attached hydrogens (tertiary/aromatic N) is 1. The minimum atomic E-state index is 0.883. The van der Waals surface area contributed by atoms with Crippen LogP contribution in [0.2, 0.25) is 0 Å². The molecule has 0 saturated heterocycles. The lowest BCUT2D eigenvalue weighted by Gasteiger charge is -2.28. The summed E-state index contributed by atoms with van der Waals surface area (Å²) >= 11 is 1.87. The van der Waals surface area contributed by atoms with Crippen LogP contribution < -0.4 is 4.90 Å². The third kappa shape index (κ3) is 5.24. The molecule has 11 rings (SSSR count). The Labute approximate surface area is 322 Å². The molecule has 0 atom stereocenters. The monoisotopic (exact) mass is 719 g/mol. The fraction of sp³-hybridized carbons (Fsp3) is 0. The van der Waals surface area contributed by atoms with Crippen LogP contribution >= 0.6 is 11.3 Å². The van der Waals surface area contributed by atoms with E-state index in [1.54, 1.807) is 0 Å². The molecule has 0 saturated carbocycles. The summed E-state index contributed by atoms with van der Waals surface area (Å²) in [7, 11) is 0. The average Bonchev–Trinajstić information content (AvgIpc) is 3.84. The SMILES string of the molecule is c1ccc(-c2ccc(N(c3ccc(-c4cccc5c4sc4ccccc45)cc3)c3ccc4c(oc5c6ccccc6ccc45)c3-c3ccccc3)cc2)cc1. The lowest BCUT2D eigenvalue weighted by Crippen LogP contribution is -2.11. The van der Waals surface area contributed by atoms with Crippen LogP contribution in [0.3, 0.4) is 0 Å². The van der Waals surface area contributed by atoms with E-state index in [2.05, 4.69) is 205 Å². The van der Waals surface area contributed by atoms with Gasteiger partial charge in [-0.1, -0.05) is 152 Å². The Hall–Kier alpha value is -6.94. The highest BCUT2D eigenvalue weighted by Crippen LogP contribution is 2.48. The van der Waals surface area contributed by atoms with Crippen molar-refractivity contribution in [3.8, 4) is 33.4 Å². The molecule has 0 aliphatic rings. The highest BCUT2D eigenvalue weighted by atomic mass is 32.1. The van der Waals surface area contributed by atoms with E-state index in [0.717, 1.165) is 55.5 Å². The van der Waals surface area contributed by atoms with Crippen LogP contribution in [-0.2, 0) is 0 Å². The molecule has 0 radical (unpaired) electrons. The Balaban J connectivity index is 1.13. The lowest BCUT2D eigenvalue weighted by molar-refractivity contribution is 0.674. The van der Waals surface area contributed by atoms with Gasteiger partial charge in [0, 0.05) is 53.3 Å². The van der Waals surface area contributed by atoms with Crippen molar-refractivity contribution < 1.29 is 4.42 Å². The zero-order valence-corrected chi connectivity index (χ0v) is 30.6. The van der Waals surface area contributed by atoms with Gasteiger partial charge in [-0.2, -0.15) is 0 Å². The maximum Gasteiger partial charge on any atom is 0.145 e. The first-order valence-electron chi connectivity index (χ1n) is 18.7. The van der Waals surface area contributed by atoms with Crippen molar-refractivity contribution in [3.63, 3.8) is 0 Å². The first-order valence-corrected chi connectivity index (χ1v) is 19.5. The van der Waals surface area contributed by atoms with E-state index in [0.29, 0.717) is 0 Å². The van der Waals surface area contributed by atoms with E-state index in [4.69, 9.17) is 4.42 Å². The third-order valence-corrected chi connectivity index (χ3v) is 12.1. The van der Waals surface area contributed by atoms with Crippen LogP contribution in [0.4, 0.5) is 17.1 Å². The molecule has 258 valence electrons. The second kappa shape index (κ2) is 12.9. The number of furan rings is 1. The molecule has 11 aromatic rings. The Morgan fingerprint density at radius 3 is 1.71 bits per heavy atom. The molecule has 2 aromatic heterocycles. The van der Waals surface area contributed by atoms with Gasteiger partial charge in [0.1, 0.15) is 11.2 Å². The molecular weight excluding hydrogens is 687 g/mol. The normalized spacial score (nSPS) is 11.6. The summed E-state index contributed by atoms with van der Waals surface area (Å²) in [5, 5.41) is 7.14. The first-order chi connectivity index (χ1) is 27.3. The first kappa shape index (κ1) is 31.6. The number of hydrogen-bond donors (Lipinski definition) is 0. The summed E-state index contributed by atoms with van der Waals surface area (Å²) in [5.41, 5.74) is 12.0. The predicted molar refractivity (Wildman–Crippen MR) is 235 cm³/mol. The molecule has 9 aromatic carbocycles. The molecule has 0 spiro atoms. The lowest BCUT2D eigenvalue weighted by atomic mass is 9.97. The average molecular weight is 720 g/mol. The number of rotatable bonds is 6. The maximum absolute atomic E-state index is 7.01. The van der Waals surface area contributed by atoms with Crippen molar-refractivity contribution in [1.29, 1.82) is 0 Å². The van der Waals surface area contributed by atoms with Crippen molar-refractivity contribution in [3.05, 3.63) is 200 Å². The van der Waals surface area contributed by atoms with Gasteiger partial charge >= 0.3 is 0 Å². The molecule has 3 heteroatoms. The van der Waals surface area contributed by atoms with Gasteiger partial charge in [0.15, 0.2) is 0 Å². The Kier molecular flexibility index (Phi) is 7.39. The molecule has 55 heavy (non-hydrogen) atoms. The molecule has 2 heterocycles. The highest BCUT2D eigenvalue weighted by Gasteiger charge is 2.23. The minimum absolute atomic E-state index is 0.883. The summed E-state index contributed by atoms with van der Waals surface area (Å²) < 4.78 is 9.64. The standard InChI is InChI=1S/C52H33NOS/c1-3-12-34(13-4-1)35-22-27-39(28-23-35)53(40-29-24-37(25-30-40)42-19-11-20-46-43-18-9-10-21-48(43)55-52(42)46)47-33-32-45-44-31-26-36-14-7-8-17-41(36)50(44)54-51(45)49(47)38-15-5-2-6-16-38/h1-33H. The second-order valence-electron chi connectivity index (χ2n) is 14.0. The summed E-state index contributed by atoms with van der Waals surface area (Å²) in [6.45, 7) is 0. The minimum Gasteiger partial charge on any atom is -0.455 e. The number of thiophene rings is 1. The fourth-order valence-corrected chi connectivity index (χ4v) is 9.49. The molecule has 0 fully saturated rings. The van der Waals surface area contributed by atoms with Gasteiger partial charge in [0.25, 0.3) is 0 Å². The molecular formula is C52H33NOS. The van der Waals surface area contributed by atoms with Gasteiger partial charge in [-0.3, -0.25) is 0 Å². The number of fused-ring (bicyclic) bond motifs is 8. The van der Waals surface area contributed by atoms with Crippen LogP contribution in [-0.4, -0.2) is 0 Å². The topological polar surface area (TPSA) is 16.4 Å². The maximum atomic E-state index is 7.01. The van der Waals surface area contributed by atoms with Crippen LogP contribution in [0.15, 0.2) is 205 Å². The van der Waals surface area contributed by atoms with E-state index in [1.807, 2.05) is 11.3 Å². The summed E-state index contributed by atoms with van der Waals surface area (Å²) in [5.74, 6) is 0.